The lowest BCUT2D eigenvalue weighted by atomic mass is 9.81. The number of amides is 3. The SMILES string of the molecule is O=C1NC(=O)N(CCCO)C2CCCCC12. The lowest BCUT2D eigenvalue weighted by Gasteiger charge is -2.42. The van der Waals surface area contributed by atoms with Gasteiger partial charge in [0.05, 0.1) is 5.92 Å². The third kappa shape index (κ3) is 2.04. The van der Waals surface area contributed by atoms with E-state index in [2.05, 4.69) is 5.32 Å². The summed E-state index contributed by atoms with van der Waals surface area (Å²) in [5.41, 5.74) is 0. The molecule has 2 aliphatic rings. The van der Waals surface area contributed by atoms with E-state index in [9.17, 15) is 9.59 Å². The minimum atomic E-state index is -0.290. The number of nitrogens with one attached hydrogen (secondary N) is 1. The minimum absolute atomic E-state index is 0.0369. The Hall–Kier alpha value is -1.10. The lowest BCUT2D eigenvalue weighted by Crippen LogP contribution is -2.61. The van der Waals surface area contributed by atoms with E-state index < -0.39 is 0 Å². The largest absolute Gasteiger partial charge is 0.396 e. The Balaban J connectivity index is 2.09. The molecule has 2 rings (SSSR count). The van der Waals surface area contributed by atoms with Crippen molar-refractivity contribution < 1.29 is 14.7 Å². The zero-order valence-electron chi connectivity index (χ0n) is 9.32. The zero-order valence-corrected chi connectivity index (χ0v) is 9.32. The zero-order chi connectivity index (χ0) is 11.5. The van der Waals surface area contributed by atoms with E-state index in [0.717, 1.165) is 25.7 Å². The summed E-state index contributed by atoms with van der Waals surface area (Å²) < 4.78 is 0. The van der Waals surface area contributed by atoms with E-state index in [-0.39, 0.29) is 30.5 Å². The third-order valence-electron chi connectivity index (χ3n) is 3.51. The number of rotatable bonds is 3. The number of carbonyl (C=O) groups excluding carboxylic acids is 2. The number of hydrogen-bond donors (Lipinski definition) is 2. The molecule has 1 heterocycles. The van der Waals surface area contributed by atoms with Crippen LogP contribution in [0.15, 0.2) is 0 Å². The quantitative estimate of drug-likeness (QED) is 0.735. The Labute approximate surface area is 94.8 Å². The fourth-order valence-corrected chi connectivity index (χ4v) is 2.72. The molecule has 1 aliphatic carbocycles. The van der Waals surface area contributed by atoms with Gasteiger partial charge in [-0.2, -0.15) is 0 Å². The smallest absolute Gasteiger partial charge is 0.324 e. The maximum atomic E-state index is 11.7. The molecule has 1 aliphatic heterocycles. The first-order valence-corrected chi connectivity index (χ1v) is 5.96. The second kappa shape index (κ2) is 4.82. The van der Waals surface area contributed by atoms with Crippen molar-refractivity contribution in [2.75, 3.05) is 13.2 Å². The fraction of sp³-hybridized carbons (Fsp3) is 0.818. The molecule has 2 N–H and O–H groups in total. The van der Waals surface area contributed by atoms with Crippen molar-refractivity contribution in [2.45, 2.75) is 38.1 Å². The second-order valence-electron chi connectivity index (χ2n) is 4.52. The summed E-state index contributed by atoms with van der Waals surface area (Å²) in [5.74, 6) is -0.153. The highest BCUT2D eigenvalue weighted by molar-refractivity contribution is 5.98. The molecule has 2 unspecified atom stereocenters. The lowest BCUT2D eigenvalue weighted by molar-refractivity contribution is -0.129. The van der Waals surface area contributed by atoms with Crippen LogP contribution in [0.25, 0.3) is 0 Å². The molecule has 2 fully saturated rings. The molecular formula is C11H18N2O3. The predicted octanol–water partition coefficient (Wildman–Crippen LogP) is 0.479. The molecule has 0 spiro atoms. The number of aliphatic hydroxyl groups excluding tert-OH is 1. The van der Waals surface area contributed by atoms with Crippen LogP contribution in [0.4, 0.5) is 4.79 Å². The number of hydrogen-bond acceptors (Lipinski definition) is 3. The van der Waals surface area contributed by atoms with Crippen LogP contribution in [0.5, 0.6) is 0 Å². The van der Waals surface area contributed by atoms with Crippen molar-refractivity contribution in [1.29, 1.82) is 0 Å². The summed E-state index contributed by atoms with van der Waals surface area (Å²) in [6.07, 6.45) is 4.51. The van der Waals surface area contributed by atoms with Crippen molar-refractivity contribution in [2.24, 2.45) is 5.92 Å². The van der Waals surface area contributed by atoms with E-state index >= 15 is 0 Å². The molecule has 0 aromatic heterocycles. The van der Waals surface area contributed by atoms with Gasteiger partial charge in [0.25, 0.3) is 0 Å². The topological polar surface area (TPSA) is 69.6 Å². The van der Waals surface area contributed by atoms with Crippen LogP contribution in [0.3, 0.4) is 0 Å². The van der Waals surface area contributed by atoms with Crippen LogP contribution in [0.1, 0.15) is 32.1 Å². The molecule has 0 radical (unpaired) electrons. The van der Waals surface area contributed by atoms with Gasteiger partial charge in [-0.15, -0.1) is 0 Å². The van der Waals surface area contributed by atoms with Crippen LogP contribution in [-0.2, 0) is 4.79 Å². The summed E-state index contributed by atoms with van der Waals surface area (Å²) in [4.78, 5) is 25.1. The molecule has 0 aromatic rings. The summed E-state index contributed by atoms with van der Waals surface area (Å²) in [6, 6.07) is -0.233. The van der Waals surface area contributed by atoms with E-state index in [1.165, 1.54) is 0 Å². The van der Waals surface area contributed by atoms with Crippen LogP contribution in [0.2, 0.25) is 0 Å². The summed E-state index contributed by atoms with van der Waals surface area (Å²) in [7, 11) is 0. The average Bonchev–Trinajstić information content (AvgIpc) is 2.29. The van der Waals surface area contributed by atoms with Gasteiger partial charge in [-0.3, -0.25) is 10.1 Å². The van der Waals surface area contributed by atoms with Crippen molar-refractivity contribution in [3.8, 4) is 0 Å². The molecule has 3 amide bonds. The molecule has 0 bridgehead atoms. The number of imide groups is 1. The van der Waals surface area contributed by atoms with Crippen molar-refractivity contribution >= 4 is 11.9 Å². The average molecular weight is 226 g/mol. The third-order valence-corrected chi connectivity index (χ3v) is 3.51. The minimum Gasteiger partial charge on any atom is -0.396 e. The molecular weight excluding hydrogens is 208 g/mol. The molecule has 90 valence electrons. The standard InChI is InChI=1S/C11H18N2O3/c14-7-3-6-13-9-5-2-1-4-8(9)10(15)12-11(13)16/h8-9,14H,1-7H2,(H,12,15,16). The van der Waals surface area contributed by atoms with Gasteiger partial charge in [0.15, 0.2) is 0 Å². The van der Waals surface area contributed by atoms with Crippen LogP contribution in [0, 0.1) is 5.92 Å². The number of nitrogens with zero attached hydrogens (tertiary/aromatic N) is 1. The van der Waals surface area contributed by atoms with Gasteiger partial charge in [0, 0.05) is 19.2 Å². The number of urea groups is 1. The highest BCUT2D eigenvalue weighted by Gasteiger charge is 2.41. The Morgan fingerprint density at radius 2 is 2.06 bits per heavy atom. The van der Waals surface area contributed by atoms with Crippen LogP contribution < -0.4 is 5.32 Å². The van der Waals surface area contributed by atoms with Gasteiger partial charge < -0.3 is 10.0 Å². The number of fused-ring (bicyclic) bond motifs is 1. The Morgan fingerprint density at radius 3 is 2.81 bits per heavy atom. The highest BCUT2D eigenvalue weighted by atomic mass is 16.3. The van der Waals surface area contributed by atoms with Gasteiger partial charge in [-0.25, -0.2) is 4.79 Å². The van der Waals surface area contributed by atoms with Crippen molar-refractivity contribution in [1.82, 2.24) is 10.2 Å². The summed E-state index contributed by atoms with van der Waals surface area (Å²) in [5, 5.41) is 11.2. The van der Waals surface area contributed by atoms with E-state index in [0.29, 0.717) is 13.0 Å². The number of carbonyl (C=O) groups is 2. The van der Waals surface area contributed by atoms with Crippen LogP contribution in [-0.4, -0.2) is 41.1 Å². The predicted molar refractivity (Wildman–Crippen MR) is 57.7 cm³/mol. The maximum absolute atomic E-state index is 11.7. The summed E-state index contributed by atoms with van der Waals surface area (Å²) in [6.45, 7) is 0.617. The van der Waals surface area contributed by atoms with E-state index in [1.54, 1.807) is 4.90 Å². The van der Waals surface area contributed by atoms with Gasteiger partial charge >= 0.3 is 6.03 Å². The molecule has 1 saturated heterocycles. The first kappa shape index (κ1) is 11.4. The van der Waals surface area contributed by atoms with Crippen LogP contribution >= 0.6 is 0 Å². The Bertz CT molecular complexity index is 293. The molecule has 5 heteroatoms. The summed E-state index contributed by atoms with van der Waals surface area (Å²) >= 11 is 0. The monoisotopic (exact) mass is 226 g/mol. The first-order valence-electron chi connectivity index (χ1n) is 5.96. The molecule has 2 atom stereocenters. The Morgan fingerprint density at radius 1 is 1.31 bits per heavy atom. The van der Waals surface area contributed by atoms with E-state index in [4.69, 9.17) is 5.11 Å². The normalized spacial score (nSPS) is 29.9. The van der Waals surface area contributed by atoms with E-state index in [1.807, 2.05) is 0 Å². The first-order chi connectivity index (χ1) is 7.74. The van der Waals surface area contributed by atoms with Crippen molar-refractivity contribution in [3.05, 3.63) is 0 Å². The maximum Gasteiger partial charge on any atom is 0.324 e. The fourth-order valence-electron chi connectivity index (χ4n) is 2.72. The highest BCUT2D eigenvalue weighted by Crippen LogP contribution is 2.31. The van der Waals surface area contributed by atoms with Gasteiger partial charge in [0.2, 0.25) is 5.91 Å². The molecule has 0 aromatic carbocycles. The van der Waals surface area contributed by atoms with Gasteiger partial charge in [-0.05, 0) is 19.3 Å². The second-order valence-corrected chi connectivity index (χ2v) is 4.52. The molecule has 16 heavy (non-hydrogen) atoms. The van der Waals surface area contributed by atoms with Gasteiger partial charge in [-0.1, -0.05) is 12.8 Å². The van der Waals surface area contributed by atoms with Gasteiger partial charge in [0.1, 0.15) is 0 Å². The molecule has 5 nitrogen and oxygen atoms in total. The Kier molecular flexibility index (Phi) is 3.43. The van der Waals surface area contributed by atoms with Crippen molar-refractivity contribution in [3.63, 3.8) is 0 Å². The molecule has 1 saturated carbocycles. The number of aliphatic hydroxyl groups is 1.